The third kappa shape index (κ3) is 3.80. The van der Waals surface area contributed by atoms with Gasteiger partial charge < -0.3 is 15.3 Å². The van der Waals surface area contributed by atoms with Crippen molar-refractivity contribution in [1.29, 1.82) is 0 Å². The first-order valence-corrected chi connectivity index (χ1v) is 7.36. The minimum absolute atomic E-state index is 0.0985. The van der Waals surface area contributed by atoms with Gasteiger partial charge in [-0.2, -0.15) is 0 Å². The lowest BCUT2D eigenvalue weighted by atomic mass is 10.1. The number of nitrogens with one attached hydrogen (secondary N) is 1. The molecule has 112 valence electrons. The molecule has 21 heavy (non-hydrogen) atoms. The van der Waals surface area contributed by atoms with E-state index in [2.05, 4.69) is 41.9 Å². The Morgan fingerprint density at radius 1 is 1.38 bits per heavy atom. The molecule has 2 aromatic rings. The fourth-order valence-electron chi connectivity index (χ4n) is 2.38. The van der Waals surface area contributed by atoms with Crippen molar-refractivity contribution in [3.05, 3.63) is 48.7 Å². The van der Waals surface area contributed by atoms with Crippen molar-refractivity contribution in [2.75, 3.05) is 31.1 Å². The van der Waals surface area contributed by atoms with Gasteiger partial charge in [-0.25, -0.2) is 4.98 Å². The molecule has 2 N–H and O–H groups in total. The number of hydrogen-bond acceptors (Lipinski definition) is 4. The standard InChI is InChI=1S/C17H23N3O/c1-3-9-20(10-11-21)17-16-8-6-5-7-14(16)12-15(19-17)13-18-4-2/h3,5-8,12,18,21H,1,4,9-11,13H2,2H3. The van der Waals surface area contributed by atoms with Crippen LogP contribution in [0.1, 0.15) is 12.6 Å². The van der Waals surface area contributed by atoms with Crippen molar-refractivity contribution < 1.29 is 5.11 Å². The van der Waals surface area contributed by atoms with E-state index in [-0.39, 0.29) is 6.61 Å². The lowest BCUT2D eigenvalue weighted by Gasteiger charge is -2.23. The second-order valence-electron chi connectivity index (χ2n) is 4.90. The summed E-state index contributed by atoms with van der Waals surface area (Å²) in [7, 11) is 0. The molecule has 0 radical (unpaired) electrons. The van der Waals surface area contributed by atoms with Gasteiger partial charge in [-0.1, -0.05) is 37.3 Å². The van der Waals surface area contributed by atoms with E-state index in [1.54, 1.807) is 0 Å². The number of benzene rings is 1. The first-order chi connectivity index (χ1) is 10.3. The Balaban J connectivity index is 2.48. The maximum Gasteiger partial charge on any atom is 0.137 e. The summed E-state index contributed by atoms with van der Waals surface area (Å²) in [5, 5.41) is 14.9. The van der Waals surface area contributed by atoms with Crippen molar-refractivity contribution in [3.8, 4) is 0 Å². The molecule has 4 nitrogen and oxygen atoms in total. The molecular formula is C17H23N3O. The molecule has 0 spiro atoms. The number of aromatic nitrogens is 1. The topological polar surface area (TPSA) is 48.4 Å². The highest BCUT2D eigenvalue weighted by atomic mass is 16.3. The maximum atomic E-state index is 9.29. The molecule has 0 fully saturated rings. The Morgan fingerprint density at radius 2 is 2.19 bits per heavy atom. The molecule has 1 heterocycles. The van der Waals surface area contributed by atoms with Crippen LogP contribution in [0.4, 0.5) is 5.82 Å². The monoisotopic (exact) mass is 285 g/mol. The summed E-state index contributed by atoms with van der Waals surface area (Å²) in [5.74, 6) is 0.912. The van der Waals surface area contributed by atoms with Gasteiger partial charge in [0.1, 0.15) is 5.82 Å². The van der Waals surface area contributed by atoms with Gasteiger partial charge in [0, 0.05) is 25.0 Å². The number of fused-ring (bicyclic) bond motifs is 1. The number of nitrogens with zero attached hydrogens (tertiary/aromatic N) is 2. The van der Waals surface area contributed by atoms with Crippen LogP contribution in [0.5, 0.6) is 0 Å². The lowest BCUT2D eigenvalue weighted by Crippen LogP contribution is -2.28. The van der Waals surface area contributed by atoms with Gasteiger partial charge in [-0.15, -0.1) is 6.58 Å². The quantitative estimate of drug-likeness (QED) is 0.731. The smallest absolute Gasteiger partial charge is 0.137 e. The van der Waals surface area contributed by atoms with E-state index in [9.17, 15) is 5.11 Å². The first kappa shape index (κ1) is 15.5. The van der Waals surface area contributed by atoms with Crippen LogP contribution < -0.4 is 10.2 Å². The van der Waals surface area contributed by atoms with Crippen molar-refractivity contribution >= 4 is 16.6 Å². The SMILES string of the molecule is C=CCN(CCO)c1nc(CNCC)cc2ccccc12. The van der Waals surface area contributed by atoms with E-state index in [1.165, 1.54) is 5.39 Å². The first-order valence-electron chi connectivity index (χ1n) is 7.36. The predicted octanol–water partition coefficient (Wildman–Crippen LogP) is 2.33. The Labute approximate surface area is 126 Å². The molecule has 0 saturated heterocycles. The zero-order valence-corrected chi connectivity index (χ0v) is 12.5. The number of anilines is 1. The van der Waals surface area contributed by atoms with Crippen LogP contribution in [0.25, 0.3) is 10.8 Å². The van der Waals surface area contributed by atoms with Crippen LogP contribution in [-0.4, -0.2) is 36.3 Å². The normalized spacial score (nSPS) is 10.8. The lowest BCUT2D eigenvalue weighted by molar-refractivity contribution is 0.303. The van der Waals surface area contributed by atoms with Crippen LogP contribution >= 0.6 is 0 Å². The van der Waals surface area contributed by atoms with E-state index in [4.69, 9.17) is 4.98 Å². The number of rotatable bonds is 8. The van der Waals surface area contributed by atoms with Crippen LogP contribution in [0.2, 0.25) is 0 Å². The van der Waals surface area contributed by atoms with Gasteiger partial charge in [0.15, 0.2) is 0 Å². The average molecular weight is 285 g/mol. The predicted molar refractivity (Wildman–Crippen MR) is 88.6 cm³/mol. The highest BCUT2D eigenvalue weighted by Gasteiger charge is 2.12. The summed E-state index contributed by atoms with van der Waals surface area (Å²) < 4.78 is 0. The Kier molecular flexibility index (Phi) is 5.72. The van der Waals surface area contributed by atoms with Crippen molar-refractivity contribution in [1.82, 2.24) is 10.3 Å². The minimum Gasteiger partial charge on any atom is -0.395 e. The van der Waals surface area contributed by atoms with E-state index in [0.29, 0.717) is 13.1 Å². The van der Waals surface area contributed by atoms with E-state index in [0.717, 1.165) is 30.0 Å². The van der Waals surface area contributed by atoms with Gasteiger partial charge in [-0.05, 0) is 18.0 Å². The highest BCUT2D eigenvalue weighted by molar-refractivity contribution is 5.92. The molecule has 0 bridgehead atoms. The maximum absolute atomic E-state index is 9.29. The van der Waals surface area contributed by atoms with Gasteiger partial charge in [0.05, 0.1) is 12.3 Å². The fourth-order valence-corrected chi connectivity index (χ4v) is 2.38. The average Bonchev–Trinajstić information content (AvgIpc) is 2.52. The molecule has 1 aromatic carbocycles. The molecule has 0 unspecified atom stereocenters. The second kappa shape index (κ2) is 7.76. The second-order valence-corrected chi connectivity index (χ2v) is 4.90. The Bertz CT molecular complexity index is 598. The summed E-state index contributed by atoms with van der Waals surface area (Å²) in [5.41, 5.74) is 1.01. The van der Waals surface area contributed by atoms with Crippen LogP contribution in [0, 0.1) is 0 Å². The van der Waals surface area contributed by atoms with E-state index >= 15 is 0 Å². The summed E-state index contributed by atoms with van der Waals surface area (Å²) in [4.78, 5) is 6.84. The van der Waals surface area contributed by atoms with Crippen molar-refractivity contribution in [3.63, 3.8) is 0 Å². The zero-order valence-electron chi connectivity index (χ0n) is 12.5. The molecule has 0 aliphatic rings. The molecule has 0 amide bonds. The zero-order chi connectivity index (χ0) is 15.1. The summed E-state index contributed by atoms with van der Waals surface area (Å²) in [6, 6.07) is 10.3. The van der Waals surface area contributed by atoms with Gasteiger partial charge >= 0.3 is 0 Å². The third-order valence-corrected chi connectivity index (χ3v) is 3.35. The molecule has 0 atom stereocenters. The summed E-state index contributed by atoms with van der Waals surface area (Å²) in [6.45, 7) is 8.85. The highest BCUT2D eigenvalue weighted by Crippen LogP contribution is 2.25. The van der Waals surface area contributed by atoms with Gasteiger partial charge in [0.25, 0.3) is 0 Å². The third-order valence-electron chi connectivity index (χ3n) is 3.35. The van der Waals surface area contributed by atoms with Crippen molar-refractivity contribution in [2.24, 2.45) is 0 Å². The minimum atomic E-state index is 0.0985. The van der Waals surface area contributed by atoms with Crippen molar-refractivity contribution in [2.45, 2.75) is 13.5 Å². The summed E-state index contributed by atoms with van der Waals surface area (Å²) in [6.07, 6.45) is 1.84. The fraction of sp³-hybridized carbons (Fsp3) is 0.353. The van der Waals surface area contributed by atoms with Crippen LogP contribution in [0.15, 0.2) is 43.0 Å². The number of pyridine rings is 1. The number of hydrogen-bond donors (Lipinski definition) is 2. The molecule has 1 aromatic heterocycles. The molecule has 0 aliphatic carbocycles. The molecular weight excluding hydrogens is 262 g/mol. The number of aliphatic hydroxyl groups excluding tert-OH is 1. The summed E-state index contributed by atoms with van der Waals surface area (Å²) >= 11 is 0. The Morgan fingerprint density at radius 3 is 2.90 bits per heavy atom. The van der Waals surface area contributed by atoms with Gasteiger partial charge in [-0.3, -0.25) is 0 Å². The molecule has 2 rings (SSSR count). The molecule has 0 aliphatic heterocycles. The number of aliphatic hydroxyl groups is 1. The van der Waals surface area contributed by atoms with Gasteiger partial charge in [0.2, 0.25) is 0 Å². The largest absolute Gasteiger partial charge is 0.395 e. The van der Waals surface area contributed by atoms with E-state index < -0.39 is 0 Å². The Hall–Kier alpha value is -1.91. The van der Waals surface area contributed by atoms with Crippen LogP contribution in [-0.2, 0) is 6.54 Å². The molecule has 0 saturated carbocycles. The van der Waals surface area contributed by atoms with Crippen LogP contribution in [0.3, 0.4) is 0 Å². The van der Waals surface area contributed by atoms with E-state index in [1.807, 2.05) is 18.2 Å². The molecule has 4 heteroatoms.